The van der Waals surface area contributed by atoms with Gasteiger partial charge >= 0.3 is 0 Å². The molecule has 2 aromatic rings. The van der Waals surface area contributed by atoms with Gasteiger partial charge in [0.15, 0.2) is 0 Å². The Balaban J connectivity index is 1.85. The van der Waals surface area contributed by atoms with Crippen molar-refractivity contribution >= 4 is 11.6 Å². The molecule has 0 bridgehead atoms. The maximum Gasteiger partial charge on any atom is 0.269 e. The number of carbonyl (C=O) groups excluding carboxylic acids is 1. The fraction of sp³-hybridized carbons (Fsp3) is 0.353. The molecule has 6 nitrogen and oxygen atoms in total. The van der Waals surface area contributed by atoms with E-state index in [9.17, 15) is 4.79 Å². The van der Waals surface area contributed by atoms with E-state index in [1.807, 2.05) is 38.5 Å². The van der Waals surface area contributed by atoms with Gasteiger partial charge < -0.3 is 15.5 Å². The number of nitrogens with one attached hydrogen (secondary N) is 2. The first-order chi connectivity index (χ1) is 11.1. The van der Waals surface area contributed by atoms with Gasteiger partial charge in [-0.15, -0.1) is 0 Å². The number of nitrogens with zero attached hydrogens (tertiary/aromatic N) is 3. The average molecular weight is 313 g/mol. The molecule has 122 valence electrons. The predicted octanol–water partition coefficient (Wildman–Crippen LogP) is 1.77. The Hall–Kier alpha value is -2.47. The molecule has 0 atom stereocenters. The maximum atomic E-state index is 12.1. The summed E-state index contributed by atoms with van der Waals surface area (Å²) in [7, 11) is 4.03. The van der Waals surface area contributed by atoms with Crippen molar-refractivity contribution in [2.75, 3.05) is 32.5 Å². The Morgan fingerprint density at radius 3 is 2.87 bits per heavy atom. The summed E-state index contributed by atoms with van der Waals surface area (Å²) in [5, 5.41) is 6.16. The van der Waals surface area contributed by atoms with E-state index >= 15 is 0 Å². The Morgan fingerprint density at radius 2 is 2.13 bits per heavy atom. The van der Waals surface area contributed by atoms with Crippen molar-refractivity contribution in [3.05, 3.63) is 54.1 Å². The Labute approximate surface area is 137 Å². The lowest BCUT2D eigenvalue weighted by Crippen LogP contribution is -2.27. The third kappa shape index (κ3) is 6.04. The Morgan fingerprint density at radius 1 is 1.26 bits per heavy atom. The zero-order chi connectivity index (χ0) is 16.5. The molecular formula is C17H23N5O. The van der Waals surface area contributed by atoms with Gasteiger partial charge in [0.1, 0.15) is 5.69 Å². The molecule has 0 radical (unpaired) electrons. The summed E-state index contributed by atoms with van der Waals surface area (Å²) in [4.78, 5) is 22.4. The van der Waals surface area contributed by atoms with Gasteiger partial charge in [0.25, 0.3) is 5.91 Å². The van der Waals surface area contributed by atoms with Gasteiger partial charge in [0, 0.05) is 37.4 Å². The van der Waals surface area contributed by atoms with Gasteiger partial charge in [-0.25, -0.2) is 0 Å². The van der Waals surface area contributed by atoms with Crippen molar-refractivity contribution in [1.29, 1.82) is 0 Å². The monoisotopic (exact) mass is 313 g/mol. The molecular weight excluding hydrogens is 290 g/mol. The van der Waals surface area contributed by atoms with Crippen LogP contribution in [-0.2, 0) is 6.54 Å². The maximum absolute atomic E-state index is 12.1. The van der Waals surface area contributed by atoms with Crippen LogP contribution in [0.2, 0.25) is 0 Å². The van der Waals surface area contributed by atoms with Crippen LogP contribution < -0.4 is 10.6 Å². The molecule has 0 aromatic carbocycles. The number of carbonyl (C=O) groups is 1. The molecule has 0 saturated heterocycles. The van der Waals surface area contributed by atoms with Crippen LogP contribution in [-0.4, -0.2) is 48.0 Å². The molecule has 2 rings (SSSR count). The normalized spacial score (nSPS) is 10.6. The van der Waals surface area contributed by atoms with Crippen molar-refractivity contribution in [3.8, 4) is 0 Å². The summed E-state index contributed by atoms with van der Waals surface area (Å²) in [6, 6.07) is 7.51. The van der Waals surface area contributed by atoms with Crippen LogP contribution in [0.1, 0.15) is 22.5 Å². The predicted molar refractivity (Wildman–Crippen MR) is 91.3 cm³/mol. The second kappa shape index (κ2) is 8.85. The lowest BCUT2D eigenvalue weighted by atomic mass is 10.2. The number of aromatic nitrogens is 2. The molecule has 0 aliphatic heterocycles. The first-order valence-electron chi connectivity index (χ1n) is 7.67. The summed E-state index contributed by atoms with van der Waals surface area (Å²) in [6.07, 6.45) is 6.11. The van der Waals surface area contributed by atoms with E-state index < -0.39 is 0 Å². The first kappa shape index (κ1) is 16.9. The number of hydrogen-bond donors (Lipinski definition) is 2. The lowest BCUT2D eigenvalue weighted by Gasteiger charge is -2.10. The summed E-state index contributed by atoms with van der Waals surface area (Å²) < 4.78 is 0. The van der Waals surface area contributed by atoms with Gasteiger partial charge in [0.2, 0.25) is 0 Å². The highest BCUT2D eigenvalue weighted by Gasteiger charge is 2.07. The SMILES string of the molecule is CN(C)CCCNC(=O)c1cc(NCc2cccnc2)ccn1. The number of hydrogen-bond acceptors (Lipinski definition) is 5. The quantitative estimate of drug-likeness (QED) is 0.727. The molecule has 6 heteroatoms. The van der Waals surface area contributed by atoms with Crippen LogP contribution in [0.15, 0.2) is 42.9 Å². The molecule has 2 heterocycles. The number of rotatable bonds is 8. The number of anilines is 1. The average Bonchev–Trinajstić information content (AvgIpc) is 2.58. The third-order valence-electron chi connectivity index (χ3n) is 3.28. The highest BCUT2D eigenvalue weighted by atomic mass is 16.1. The minimum atomic E-state index is -0.145. The van der Waals surface area contributed by atoms with Crippen LogP contribution in [0.5, 0.6) is 0 Å². The minimum Gasteiger partial charge on any atom is -0.381 e. The highest BCUT2D eigenvalue weighted by Crippen LogP contribution is 2.10. The third-order valence-corrected chi connectivity index (χ3v) is 3.28. The van der Waals surface area contributed by atoms with Crippen LogP contribution in [0.3, 0.4) is 0 Å². The Bertz CT molecular complexity index is 615. The van der Waals surface area contributed by atoms with Crippen molar-refractivity contribution in [2.24, 2.45) is 0 Å². The van der Waals surface area contributed by atoms with E-state index in [4.69, 9.17) is 0 Å². The van der Waals surface area contributed by atoms with E-state index in [-0.39, 0.29) is 5.91 Å². The smallest absolute Gasteiger partial charge is 0.269 e. The molecule has 0 spiro atoms. The summed E-state index contributed by atoms with van der Waals surface area (Å²) in [6.45, 7) is 2.24. The molecule has 23 heavy (non-hydrogen) atoms. The van der Waals surface area contributed by atoms with Crippen LogP contribution in [0, 0.1) is 0 Å². The topological polar surface area (TPSA) is 70.2 Å². The van der Waals surface area contributed by atoms with Crippen LogP contribution >= 0.6 is 0 Å². The lowest BCUT2D eigenvalue weighted by molar-refractivity contribution is 0.0947. The summed E-state index contributed by atoms with van der Waals surface area (Å²) in [5.41, 5.74) is 2.37. The fourth-order valence-corrected chi connectivity index (χ4v) is 2.06. The second-order valence-corrected chi connectivity index (χ2v) is 5.56. The highest BCUT2D eigenvalue weighted by molar-refractivity contribution is 5.93. The van der Waals surface area contributed by atoms with E-state index in [1.165, 1.54) is 0 Å². The van der Waals surface area contributed by atoms with Gasteiger partial charge in [-0.05, 0) is 50.8 Å². The number of amides is 1. The fourth-order valence-electron chi connectivity index (χ4n) is 2.06. The standard InChI is InChI=1S/C17H23N5O/c1-22(2)10-4-8-20-17(23)16-11-15(6-9-19-16)21-13-14-5-3-7-18-12-14/h3,5-7,9,11-12H,4,8,10,13H2,1-2H3,(H,19,21)(H,20,23). The zero-order valence-electron chi connectivity index (χ0n) is 13.6. The molecule has 0 saturated carbocycles. The number of pyridine rings is 2. The molecule has 0 aliphatic carbocycles. The summed E-state index contributed by atoms with van der Waals surface area (Å²) in [5.74, 6) is -0.145. The van der Waals surface area contributed by atoms with E-state index in [0.717, 1.165) is 24.2 Å². The van der Waals surface area contributed by atoms with Crippen molar-refractivity contribution < 1.29 is 4.79 Å². The minimum absolute atomic E-state index is 0.145. The summed E-state index contributed by atoms with van der Waals surface area (Å²) >= 11 is 0. The van der Waals surface area contributed by atoms with Crippen molar-refractivity contribution in [1.82, 2.24) is 20.2 Å². The first-order valence-corrected chi connectivity index (χ1v) is 7.67. The van der Waals surface area contributed by atoms with Gasteiger partial charge in [-0.1, -0.05) is 6.07 Å². The molecule has 1 amide bonds. The second-order valence-electron chi connectivity index (χ2n) is 5.56. The van der Waals surface area contributed by atoms with Crippen LogP contribution in [0.25, 0.3) is 0 Å². The van der Waals surface area contributed by atoms with Crippen LogP contribution in [0.4, 0.5) is 5.69 Å². The molecule has 0 aliphatic rings. The molecule has 2 aromatic heterocycles. The van der Waals surface area contributed by atoms with Crippen molar-refractivity contribution in [2.45, 2.75) is 13.0 Å². The molecule has 2 N–H and O–H groups in total. The van der Waals surface area contributed by atoms with Crippen molar-refractivity contribution in [3.63, 3.8) is 0 Å². The molecule has 0 unspecified atom stereocenters. The van der Waals surface area contributed by atoms with E-state index in [2.05, 4.69) is 25.5 Å². The van der Waals surface area contributed by atoms with E-state index in [0.29, 0.717) is 18.8 Å². The zero-order valence-corrected chi connectivity index (χ0v) is 13.6. The van der Waals surface area contributed by atoms with Gasteiger partial charge in [-0.3, -0.25) is 14.8 Å². The van der Waals surface area contributed by atoms with Gasteiger partial charge in [-0.2, -0.15) is 0 Å². The Kier molecular flexibility index (Phi) is 6.50. The largest absolute Gasteiger partial charge is 0.381 e. The molecule has 0 fully saturated rings. The van der Waals surface area contributed by atoms with Gasteiger partial charge in [0.05, 0.1) is 0 Å². The van der Waals surface area contributed by atoms with E-state index in [1.54, 1.807) is 18.5 Å².